The van der Waals surface area contributed by atoms with Crippen LogP contribution in [0.3, 0.4) is 0 Å². The molecule has 0 atom stereocenters. The van der Waals surface area contributed by atoms with Crippen LogP contribution in [0.15, 0.2) is 36.4 Å². The summed E-state index contributed by atoms with van der Waals surface area (Å²) < 4.78 is 17.7. The molecular weight excluding hydrogens is 426 g/mol. The Balaban J connectivity index is 1.63. The smallest absolute Gasteiger partial charge is 0.260 e. The van der Waals surface area contributed by atoms with Crippen LogP contribution in [0.5, 0.6) is 17.2 Å². The average molecular weight is 456 g/mol. The number of fused-ring (bicyclic) bond motifs is 2. The molecule has 1 aliphatic heterocycles. The number of amides is 1. The molecule has 0 bridgehead atoms. The highest BCUT2D eigenvalue weighted by Gasteiger charge is 2.24. The molecule has 0 saturated carbocycles. The third-order valence-corrected chi connectivity index (χ3v) is 6.40. The zero-order valence-electron chi connectivity index (χ0n) is 19.0. The van der Waals surface area contributed by atoms with E-state index in [1.807, 2.05) is 50.2 Å². The summed E-state index contributed by atoms with van der Waals surface area (Å²) in [4.78, 5) is 22.4. The number of carbonyl (C=O) groups excluding carboxylic acids is 1. The Labute approximate surface area is 192 Å². The predicted octanol–water partition coefficient (Wildman–Crippen LogP) is 4.80. The lowest BCUT2D eigenvalue weighted by Crippen LogP contribution is -2.38. The second-order valence-corrected chi connectivity index (χ2v) is 8.85. The molecule has 1 aliphatic rings. The Morgan fingerprint density at radius 2 is 1.78 bits per heavy atom. The number of carbonyl (C=O) groups is 1. The molecule has 0 fully saturated rings. The topological polar surface area (TPSA) is 64.1 Å². The fraction of sp³-hybridized carbons (Fsp3) is 0.417. The number of rotatable bonds is 9. The first kappa shape index (κ1) is 22.4. The van der Waals surface area contributed by atoms with Gasteiger partial charge in [0.25, 0.3) is 5.91 Å². The fourth-order valence-electron chi connectivity index (χ4n) is 3.59. The van der Waals surface area contributed by atoms with Gasteiger partial charge in [-0.1, -0.05) is 25.2 Å². The third kappa shape index (κ3) is 4.81. The van der Waals surface area contributed by atoms with Crippen LogP contribution in [0.2, 0.25) is 0 Å². The summed E-state index contributed by atoms with van der Waals surface area (Å²) in [6.07, 6.45) is 0.0828. The Hall–Kier alpha value is -2.84. The molecule has 0 unspecified atom stereocenters. The van der Waals surface area contributed by atoms with Gasteiger partial charge in [0.15, 0.2) is 16.6 Å². The van der Waals surface area contributed by atoms with Gasteiger partial charge < -0.3 is 19.1 Å². The molecule has 2 aromatic carbocycles. The van der Waals surface area contributed by atoms with Crippen molar-refractivity contribution in [3.8, 4) is 17.2 Å². The molecule has 0 saturated heterocycles. The van der Waals surface area contributed by atoms with Crippen molar-refractivity contribution in [1.29, 1.82) is 0 Å². The molecule has 1 aromatic heterocycles. The van der Waals surface area contributed by atoms with Crippen LogP contribution >= 0.6 is 11.3 Å². The molecule has 0 aliphatic carbocycles. The van der Waals surface area contributed by atoms with Gasteiger partial charge in [-0.15, -0.1) is 0 Å². The van der Waals surface area contributed by atoms with E-state index in [2.05, 4.69) is 18.7 Å². The number of hydrogen-bond acceptors (Lipinski definition) is 7. The molecule has 8 heteroatoms. The van der Waals surface area contributed by atoms with Crippen molar-refractivity contribution in [2.75, 3.05) is 37.9 Å². The Kier molecular flexibility index (Phi) is 6.81. The molecular formula is C24H29N3O4S. The van der Waals surface area contributed by atoms with E-state index in [0.717, 1.165) is 41.3 Å². The monoisotopic (exact) mass is 455 g/mol. The molecule has 1 amide bonds. The molecule has 2 heterocycles. The average Bonchev–Trinajstić information content (AvgIpc) is 3.40. The number of likely N-dealkylation sites (N-methyl/N-ethyl adjacent to an activating group) is 1. The van der Waals surface area contributed by atoms with Crippen LogP contribution in [0, 0.1) is 0 Å². The van der Waals surface area contributed by atoms with E-state index in [0.29, 0.717) is 23.0 Å². The normalized spacial score (nSPS) is 12.7. The number of nitrogens with zero attached hydrogens (tertiary/aromatic N) is 3. The zero-order valence-corrected chi connectivity index (χ0v) is 19.8. The molecule has 170 valence electrons. The summed E-state index contributed by atoms with van der Waals surface area (Å²) in [5.74, 6) is 2.08. The van der Waals surface area contributed by atoms with Crippen LogP contribution in [0.4, 0.5) is 5.13 Å². The standard InChI is InChI=1S/C24H29N3O4S/c1-5-26(6-2)11-12-27(23(28)17-7-9-18(10-8-17)31-16(3)4)24-25-19-13-20-21(30-15-29-20)14-22(19)32-24/h7-10,13-14,16H,5-6,11-12,15H2,1-4H3. The first-order valence-corrected chi connectivity index (χ1v) is 11.8. The molecule has 7 nitrogen and oxygen atoms in total. The maximum Gasteiger partial charge on any atom is 0.260 e. The maximum absolute atomic E-state index is 13.5. The largest absolute Gasteiger partial charge is 0.491 e. The number of thiazole rings is 1. The minimum Gasteiger partial charge on any atom is -0.491 e. The summed E-state index contributed by atoms with van der Waals surface area (Å²) >= 11 is 1.49. The van der Waals surface area contributed by atoms with Crippen LogP contribution < -0.4 is 19.1 Å². The van der Waals surface area contributed by atoms with Crippen molar-refractivity contribution in [2.24, 2.45) is 0 Å². The van der Waals surface area contributed by atoms with Crippen molar-refractivity contribution >= 4 is 32.6 Å². The van der Waals surface area contributed by atoms with Gasteiger partial charge in [-0.25, -0.2) is 4.98 Å². The number of anilines is 1. The summed E-state index contributed by atoms with van der Waals surface area (Å²) in [5, 5.41) is 0.670. The van der Waals surface area contributed by atoms with Gasteiger partial charge in [-0.2, -0.15) is 0 Å². The Morgan fingerprint density at radius 1 is 1.09 bits per heavy atom. The van der Waals surface area contributed by atoms with Gasteiger partial charge in [-0.05, 0) is 51.2 Å². The van der Waals surface area contributed by atoms with E-state index in [-0.39, 0.29) is 18.8 Å². The summed E-state index contributed by atoms with van der Waals surface area (Å²) in [7, 11) is 0. The molecule has 3 aromatic rings. The minimum absolute atomic E-state index is 0.0765. The van der Waals surface area contributed by atoms with E-state index in [1.54, 1.807) is 4.90 Å². The summed E-state index contributed by atoms with van der Waals surface area (Å²) in [6.45, 7) is 11.6. The van der Waals surface area contributed by atoms with E-state index >= 15 is 0 Å². The second kappa shape index (κ2) is 9.75. The predicted molar refractivity (Wildman–Crippen MR) is 127 cm³/mol. The fourth-order valence-corrected chi connectivity index (χ4v) is 4.59. The molecule has 0 spiro atoms. The number of ether oxygens (including phenoxy) is 3. The molecule has 0 N–H and O–H groups in total. The Bertz CT molecular complexity index is 1040. The van der Waals surface area contributed by atoms with Gasteiger partial charge in [0, 0.05) is 30.8 Å². The SMILES string of the molecule is CCN(CC)CCN(C(=O)c1ccc(OC(C)C)cc1)c1nc2cc3c(cc2s1)OCO3. The lowest BCUT2D eigenvalue weighted by atomic mass is 10.2. The van der Waals surface area contributed by atoms with Crippen LogP contribution in [0.25, 0.3) is 10.2 Å². The number of aromatic nitrogens is 1. The molecule has 4 rings (SSSR count). The van der Waals surface area contributed by atoms with E-state index in [9.17, 15) is 4.79 Å². The second-order valence-electron chi connectivity index (χ2n) is 7.84. The van der Waals surface area contributed by atoms with Crippen molar-refractivity contribution in [1.82, 2.24) is 9.88 Å². The van der Waals surface area contributed by atoms with Gasteiger partial charge in [-0.3, -0.25) is 9.69 Å². The van der Waals surface area contributed by atoms with E-state index < -0.39 is 0 Å². The quantitative estimate of drug-likeness (QED) is 0.462. The van der Waals surface area contributed by atoms with Gasteiger partial charge in [0.05, 0.1) is 16.3 Å². The highest BCUT2D eigenvalue weighted by molar-refractivity contribution is 7.22. The summed E-state index contributed by atoms with van der Waals surface area (Å²) in [6, 6.07) is 11.1. The van der Waals surface area contributed by atoms with Crippen molar-refractivity contribution in [3.63, 3.8) is 0 Å². The lowest BCUT2D eigenvalue weighted by Gasteiger charge is -2.24. The van der Waals surface area contributed by atoms with Gasteiger partial charge in [0.1, 0.15) is 5.75 Å². The Morgan fingerprint density at radius 3 is 2.44 bits per heavy atom. The van der Waals surface area contributed by atoms with Crippen LogP contribution in [0.1, 0.15) is 38.1 Å². The van der Waals surface area contributed by atoms with Crippen molar-refractivity contribution in [3.05, 3.63) is 42.0 Å². The van der Waals surface area contributed by atoms with Crippen molar-refractivity contribution < 1.29 is 19.0 Å². The molecule has 0 radical (unpaired) electrons. The minimum atomic E-state index is -0.0765. The third-order valence-electron chi connectivity index (χ3n) is 5.35. The van der Waals surface area contributed by atoms with Gasteiger partial charge >= 0.3 is 0 Å². The van der Waals surface area contributed by atoms with Crippen molar-refractivity contribution in [2.45, 2.75) is 33.8 Å². The molecule has 32 heavy (non-hydrogen) atoms. The first-order chi connectivity index (χ1) is 15.5. The van der Waals surface area contributed by atoms with Crippen LogP contribution in [-0.2, 0) is 0 Å². The number of benzene rings is 2. The lowest BCUT2D eigenvalue weighted by molar-refractivity contribution is 0.0983. The maximum atomic E-state index is 13.5. The van der Waals surface area contributed by atoms with Crippen LogP contribution in [-0.4, -0.2) is 54.9 Å². The summed E-state index contributed by atoms with van der Waals surface area (Å²) in [5.41, 5.74) is 1.41. The zero-order chi connectivity index (χ0) is 22.7. The highest BCUT2D eigenvalue weighted by atomic mass is 32.1. The highest BCUT2D eigenvalue weighted by Crippen LogP contribution is 2.40. The van der Waals surface area contributed by atoms with E-state index in [4.69, 9.17) is 19.2 Å². The first-order valence-electron chi connectivity index (χ1n) is 11.0. The van der Waals surface area contributed by atoms with Gasteiger partial charge in [0.2, 0.25) is 6.79 Å². The number of hydrogen-bond donors (Lipinski definition) is 0. The van der Waals surface area contributed by atoms with E-state index in [1.165, 1.54) is 11.3 Å².